The van der Waals surface area contributed by atoms with Crippen LogP contribution in [0.3, 0.4) is 0 Å². The molecule has 0 unspecified atom stereocenters. The summed E-state index contributed by atoms with van der Waals surface area (Å²) in [7, 11) is 0. The minimum Gasteiger partial charge on any atom is -0.368 e. The van der Waals surface area contributed by atoms with Gasteiger partial charge in [-0.2, -0.15) is 0 Å². The Morgan fingerprint density at radius 3 is 2.13 bits per heavy atom. The van der Waals surface area contributed by atoms with E-state index in [0.29, 0.717) is 6.42 Å². The van der Waals surface area contributed by atoms with Gasteiger partial charge in [-0.3, -0.25) is 19.3 Å². The molecule has 1 saturated heterocycles. The lowest BCUT2D eigenvalue weighted by Crippen LogP contribution is -2.48. The first kappa shape index (κ1) is 11.7. The highest BCUT2D eigenvalue weighted by molar-refractivity contribution is 6.05. The molecule has 0 spiro atoms. The van der Waals surface area contributed by atoms with E-state index in [4.69, 9.17) is 5.73 Å². The standard InChI is InChI=1S/C10H16N2O3/c1-6(2)5-7(10(11)15)12-8(13)3-4-9(12)14/h6-7H,3-5H2,1-2H3,(H2,11,15)/t7-/m0/s1. The average molecular weight is 212 g/mol. The van der Waals surface area contributed by atoms with Crippen LogP contribution < -0.4 is 5.73 Å². The van der Waals surface area contributed by atoms with Crippen molar-refractivity contribution in [1.82, 2.24) is 4.90 Å². The molecule has 2 N–H and O–H groups in total. The zero-order valence-electron chi connectivity index (χ0n) is 9.03. The second-order valence-electron chi connectivity index (χ2n) is 4.21. The third-order valence-electron chi connectivity index (χ3n) is 2.42. The summed E-state index contributed by atoms with van der Waals surface area (Å²) in [5.41, 5.74) is 5.20. The largest absolute Gasteiger partial charge is 0.368 e. The number of likely N-dealkylation sites (tertiary alicyclic amines) is 1. The lowest BCUT2D eigenvalue weighted by molar-refractivity contribution is -0.146. The summed E-state index contributed by atoms with van der Waals surface area (Å²) in [6.07, 6.45) is 0.828. The summed E-state index contributed by atoms with van der Waals surface area (Å²) in [5, 5.41) is 0. The van der Waals surface area contributed by atoms with Gasteiger partial charge in [0.25, 0.3) is 0 Å². The highest BCUT2D eigenvalue weighted by Crippen LogP contribution is 2.19. The van der Waals surface area contributed by atoms with Gasteiger partial charge in [-0.05, 0) is 12.3 Å². The summed E-state index contributed by atoms with van der Waals surface area (Å²) in [6.45, 7) is 3.84. The summed E-state index contributed by atoms with van der Waals surface area (Å²) in [4.78, 5) is 35.0. The first-order valence-electron chi connectivity index (χ1n) is 5.07. The molecule has 1 atom stereocenters. The number of nitrogens with two attached hydrogens (primary N) is 1. The van der Waals surface area contributed by atoms with E-state index in [-0.39, 0.29) is 30.6 Å². The molecule has 1 aliphatic rings. The second kappa shape index (κ2) is 4.42. The Kier molecular flexibility index (Phi) is 3.44. The van der Waals surface area contributed by atoms with Gasteiger partial charge in [-0.25, -0.2) is 0 Å². The molecule has 0 aromatic carbocycles. The Hall–Kier alpha value is -1.39. The fraction of sp³-hybridized carbons (Fsp3) is 0.700. The first-order valence-corrected chi connectivity index (χ1v) is 5.07. The highest BCUT2D eigenvalue weighted by atomic mass is 16.2. The smallest absolute Gasteiger partial charge is 0.240 e. The summed E-state index contributed by atoms with van der Waals surface area (Å²) >= 11 is 0. The molecule has 15 heavy (non-hydrogen) atoms. The first-order chi connectivity index (χ1) is 6.93. The van der Waals surface area contributed by atoms with Crippen LogP contribution in [0.15, 0.2) is 0 Å². The number of primary amides is 1. The van der Waals surface area contributed by atoms with Gasteiger partial charge in [-0.1, -0.05) is 13.8 Å². The molecular weight excluding hydrogens is 196 g/mol. The fourth-order valence-electron chi connectivity index (χ4n) is 1.74. The van der Waals surface area contributed by atoms with Crippen molar-refractivity contribution in [2.75, 3.05) is 0 Å². The average Bonchev–Trinajstić information content (AvgIpc) is 2.42. The maximum Gasteiger partial charge on any atom is 0.240 e. The number of rotatable bonds is 4. The van der Waals surface area contributed by atoms with Gasteiger partial charge in [0, 0.05) is 12.8 Å². The van der Waals surface area contributed by atoms with E-state index in [1.54, 1.807) is 0 Å². The fourth-order valence-corrected chi connectivity index (χ4v) is 1.74. The van der Waals surface area contributed by atoms with E-state index in [1.807, 2.05) is 13.8 Å². The summed E-state index contributed by atoms with van der Waals surface area (Å²) in [5.74, 6) is -0.968. The molecule has 1 fully saturated rings. The lowest BCUT2D eigenvalue weighted by atomic mass is 10.0. The number of hydrogen-bond acceptors (Lipinski definition) is 3. The number of carbonyl (C=O) groups excluding carboxylic acids is 3. The number of amides is 3. The quantitative estimate of drug-likeness (QED) is 0.668. The predicted octanol–water partition coefficient (Wildman–Crippen LogP) is 0.0354. The maximum absolute atomic E-state index is 11.4. The maximum atomic E-state index is 11.4. The van der Waals surface area contributed by atoms with Crippen LogP contribution in [0.5, 0.6) is 0 Å². The molecule has 3 amide bonds. The molecule has 84 valence electrons. The van der Waals surface area contributed by atoms with E-state index < -0.39 is 11.9 Å². The van der Waals surface area contributed by atoms with Crippen LogP contribution in [-0.4, -0.2) is 28.7 Å². The van der Waals surface area contributed by atoms with Gasteiger partial charge in [0.2, 0.25) is 17.7 Å². The zero-order valence-corrected chi connectivity index (χ0v) is 9.03. The van der Waals surface area contributed by atoms with Crippen LogP contribution in [0, 0.1) is 5.92 Å². The zero-order chi connectivity index (χ0) is 11.6. The van der Waals surface area contributed by atoms with Crippen molar-refractivity contribution in [3.63, 3.8) is 0 Å². The molecule has 5 nitrogen and oxygen atoms in total. The number of nitrogens with zero attached hydrogens (tertiary/aromatic N) is 1. The third-order valence-corrected chi connectivity index (χ3v) is 2.42. The summed E-state index contributed by atoms with van der Waals surface area (Å²) < 4.78 is 0. The van der Waals surface area contributed by atoms with Crippen molar-refractivity contribution < 1.29 is 14.4 Å². The van der Waals surface area contributed by atoms with Crippen molar-refractivity contribution in [2.45, 2.75) is 39.2 Å². The number of imide groups is 1. The van der Waals surface area contributed by atoms with Crippen molar-refractivity contribution in [3.8, 4) is 0 Å². The van der Waals surface area contributed by atoms with Crippen LogP contribution >= 0.6 is 0 Å². The molecule has 0 aromatic heterocycles. The molecule has 1 heterocycles. The Balaban J connectivity index is 2.83. The van der Waals surface area contributed by atoms with Gasteiger partial charge in [0.1, 0.15) is 6.04 Å². The summed E-state index contributed by atoms with van der Waals surface area (Å²) in [6, 6.07) is -0.771. The number of hydrogen-bond donors (Lipinski definition) is 1. The van der Waals surface area contributed by atoms with E-state index in [0.717, 1.165) is 4.90 Å². The van der Waals surface area contributed by atoms with E-state index in [1.165, 1.54) is 0 Å². The van der Waals surface area contributed by atoms with Gasteiger partial charge < -0.3 is 5.73 Å². The predicted molar refractivity (Wildman–Crippen MR) is 53.5 cm³/mol. The van der Waals surface area contributed by atoms with Crippen LogP contribution in [0.1, 0.15) is 33.1 Å². The van der Waals surface area contributed by atoms with E-state index in [9.17, 15) is 14.4 Å². The molecule has 0 radical (unpaired) electrons. The molecule has 5 heteroatoms. The van der Waals surface area contributed by atoms with Crippen LogP contribution in [0.25, 0.3) is 0 Å². The lowest BCUT2D eigenvalue weighted by Gasteiger charge is -2.24. The SMILES string of the molecule is CC(C)C[C@@H](C(N)=O)N1C(=O)CCC1=O. The Labute approximate surface area is 88.6 Å². The minimum absolute atomic E-state index is 0.195. The van der Waals surface area contributed by atoms with Gasteiger partial charge in [0.05, 0.1) is 0 Å². The van der Waals surface area contributed by atoms with Gasteiger partial charge in [0.15, 0.2) is 0 Å². The Bertz CT molecular complexity index is 283. The highest BCUT2D eigenvalue weighted by Gasteiger charge is 2.37. The molecule has 0 aliphatic carbocycles. The Morgan fingerprint density at radius 1 is 1.33 bits per heavy atom. The molecule has 0 saturated carbocycles. The molecule has 0 bridgehead atoms. The monoisotopic (exact) mass is 212 g/mol. The Morgan fingerprint density at radius 2 is 1.80 bits per heavy atom. The van der Waals surface area contributed by atoms with Crippen molar-refractivity contribution in [2.24, 2.45) is 11.7 Å². The van der Waals surface area contributed by atoms with Gasteiger partial charge in [-0.15, -0.1) is 0 Å². The third kappa shape index (κ3) is 2.55. The molecule has 1 rings (SSSR count). The van der Waals surface area contributed by atoms with Crippen LogP contribution in [0.2, 0.25) is 0 Å². The van der Waals surface area contributed by atoms with E-state index in [2.05, 4.69) is 0 Å². The van der Waals surface area contributed by atoms with Crippen molar-refractivity contribution >= 4 is 17.7 Å². The molecule has 0 aromatic rings. The number of carbonyl (C=O) groups is 3. The van der Waals surface area contributed by atoms with Crippen molar-refractivity contribution in [3.05, 3.63) is 0 Å². The second-order valence-corrected chi connectivity index (χ2v) is 4.21. The van der Waals surface area contributed by atoms with E-state index >= 15 is 0 Å². The molecule has 1 aliphatic heterocycles. The normalized spacial score (nSPS) is 18.7. The molecular formula is C10H16N2O3. The van der Waals surface area contributed by atoms with Crippen molar-refractivity contribution in [1.29, 1.82) is 0 Å². The van der Waals surface area contributed by atoms with Gasteiger partial charge >= 0.3 is 0 Å². The van der Waals surface area contributed by atoms with Crippen LogP contribution in [-0.2, 0) is 14.4 Å². The minimum atomic E-state index is -0.771. The topological polar surface area (TPSA) is 80.5 Å². The van der Waals surface area contributed by atoms with Crippen LogP contribution in [0.4, 0.5) is 0 Å².